The van der Waals surface area contributed by atoms with Gasteiger partial charge < -0.3 is 10.1 Å². The van der Waals surface area contributed by atoms with Crippen molar-refractivity contribution in [1.29, 1.82) is 0 Å². The summed E-state index contributed by atoms with van der Waals surface area (Å²) in [6, 6.07) is 5.89. The molecule has 0 aliphatic rings. The average Bonchev–Trinajstić information content (AvgIpc) is 2.50. The molecule has 0 heterocycles. The Hall–Kier alpha value is -1.88. The third kappa shape index (κ3) is 6.82. The number of unbranched alkanes of at least 4 members (excludes halogenated alkanes) is 1. The average molecular weight is 320 g/mol. The minimum absolute atomic E-state index is 0.120. The number of hydrogen-bond donors (Lipinski definition) is 1. The van der Waals surface area contributed by atoms with Crippen molar-refractivity contribution in [3.63, 3.8) is 0 Å². The van der Waals surface area contributed by atoms with Crippen LogP contribution in [0.1, 0.15) is 37.8 Å². The number of ether oxygens (including phenoxy) is 1. The first kappa shape index (κ1) is 19.2. The minimum Gasteiger partial charge on any atom is -0.465 e. The summed E-state index contributed by atoms with van der Waals surface area (Å²) in [5.41, 5.74) is 2.90. The van der Waals surface area contributed by atoms with Gasteiger partial charge in [-0.1, -0.05) is 38.5 Å². The Bertz CT molecular complexity index is 509. The highest BCUT2D eigenvalue weighted by Crippen LogP contribution is 2.19. The molecule has 0 bridgehead atoms. The van der Waals surface area contributed by atoms with Crippen LogP contribution in [-0.4, -0.2) is 43.0 Å². The van der Waals surface area contributed by atoms with Crippen LogP contribution in [0.3, 0.4) is 0 Å². The first-order chi connectivity index (χ1) is 11.0. The number of benzene rings is 1. The van der Waals surface area contributed by atoms with Gasteiger partial charge in [-0.05, 0) is 37.9 Å². The van der Waals surface area contributed by atoms with E-state index in [2.05, 4.69) is 5.32 Å². The molecule has 0 saturated carbocycles. The van der Waals surface area contributed by atoms with Gasteiger partial charge in [-0.15, -0.1) is 0 Å². The van der Waals surface area contributed by atoms with Gasteiger partial charge in [0.15, 0.2) is 0 Å². The molecule has 0 saturated heterocycles. The van der Waals surface area contributed by atoms with Crippen LogP contribution in [-0.2, 0) is 14.3 Å². The number of carbonyl (C=O) groups is 2. The third-order valence-corrected chi connectivity index (χ3v) is 3.67. The lowest BCUT2D eigenvalue weighted by Crippen LogP contribution is -2.37. The largest absolute Gasteiger partial charge is 0.465 e. The van der Waals surface area contributed by atoms with Crippen molar-refractivity contribution in [1.82, 2.24) is 4.90 Å². The maximum Gasteiger partial charge on any atom is 0.320 e. The molecule has 0 fully saturated rings. The molecule has 1 rings (SSSR count). The molecule has 0 aliphatic heterocycles. The molecule has 1 N–H and O–H groups in total. The lowest BCUT2D eigenvalue weighted by Gasteiger charge is -2.19. The van der Waals surface area contributed by atoms with Gasteiger partial charge in [-0.3, -0.25) is 14.5 Å². The number of amides is 1. The Morgan fingerprint density at radius 2 is 1.78 bits per heavy atom. The standard InChI is InChI=1S/C18H28N2O3/c1-5-7-11-23-17(22)13-20(6-2)12-16(21)19-18-14(3)9-8-10-15(18)4/h8-10H,5-7,11-13H2,1-4H3,(H,19,21). The van der Waals surface area contributed by atoms with Crippen molar-refractivity contribution >= 4 is 17.6 Å². The zero-order chi connectivity index (χ0) is 17.2. The number of nitrogens with one attached hydrogen (secondary N) is 1. The van der Waals surface area contributed by atoms with Gasteiger partial charge in [0.05, 0.1) is 19.7 Å². The first-order valence-electron chi connectivity index (χ1n) is 8.22. The van der Waals surface area contributed by atoms with E-state index in [0.717, 1.165) is 29.7 Å². The molecular weight excluding hydrogens is 292 g/mol. The van der Waals surface area contributed by atoms with Crippen LogP contribution >= 0.6 is 0 Å². The van der Waals surface area contributed by atoms with Crippen LogP contribution in [0.15, 0.2) is 18.2 Å². The van der Waals surface area contributed by atoms with Crippen molar-refractivity contribution in [3.05, 3.63) is 29.3 Å². The number of likely N-dealkylation sites (N-methyl/N-ethyl adjacent to an activating group) is 1. The molecule has 1 aromatic rings. The molecule has 0 spiro atoms. The van der Waals surface area contributed by atoms with Crippen LogP contribution in [0, 0.1) is 13.8 Å². The molecule has 0 unspecified atom stereocenters. The van der Waals surface area contributed by atoms with Gasteiger partial charge in [0.25, 0.3) is 0 Å². The number of para-hydroxylation sites is 1. The van der Waals surface area contributed by atoms with Crippen LogP contribution in [0.25, 0.3) is 0 Å². The topological polar surface area (TPSA) is 58.6 Å². The Morgan fingerprint density at radius 1 is 1.13 bits per heavy atom. The second kappa shape index (κ2) is 10.0. The molecule has 1 amide bonds. The van der Waals surface area contributed by atoms with Gasteiger partial charge in [0.1, 0.15) is 0 Å². The minimum atomic E-state index is -0.278. The Balaban J connectivity index is 2.51. The smallest absolute Gasteiger partial charge is 0.320 e. The Labute approximate surface area is 139 Å². The molecule has 0 aliphatic carbocycles. The van der Waals surface area contributed by atoms with Crippen molar-refractivity contribution in [2.24, 2.45) is 0 Å². The van der Waals surface area contributed by atoms with Gasteiger partial charge in [0.2, 0.25) is 5.91 Å². The highest BCUT2D eigenvalue weighted by atomic mass is 16.5. The summed E-state index contributed by atoms with van der Waals surface area (Å²) in [4.78, 5) is 25.7. The molecule has 0 radical (unpaired) electrons. The summed E-state index contributed by atoms with van der Waals surface area (Å²) in [6.07, 6.45) is 1.86. The summed E-state index contributed by atoms with van der Waals surface area (Å²) in [7, 11) is 0. The number of rotatable bonds is 9. The van der Waals surface area contributed by atoms with E-state index in [1.54, 1.807) is 4.90 Å². The van der Waals surface area contributed by atoms with E-state index in [9.17, 15) is 9.59 Å². The molecular formula is C18H28N2O3. The van der Waals surface area contributed by atoms with Crippen molar-refractivity contribution in [2.75, 3.05) is 31.6 Å². The molecule has 5 nitrogen and oxygen atoms in total. The van der Waals surface area contributed by atoms with E-state index >= 15 is 0 Å². The number of hydrogen-bond acceptors (Lipinski definition) is 4. The fourth-order valence-electron chi connectivity index (χ4n) is 2.23. The molecule has 0 atom stereocenters. The molecule has 5 heteroatoms. The van der Waals surface area contributed by atoms with Crippen molar-refractivity contribution in [2.45, 2.75) is 40.5 Å². The summed E-state index contributed by atoms with van der Waals surface area (Å²) >= 11 is 0. The van der Waals surface area contributed by atoms with E-state index < -0.39 is 0 Å². The monoisotopic (exact) mass is 320 g/mol. The maximum absolute atomic E-state index is 12.2. The fourth-order valence-corrected chi connectivity index (χ4v) is 2.23. The zero-order valence-electron chi connectivity index (χ0n) is 14.6. The Kier molecular flexibility index (Phi) is 8.33. The fraction of sp³-hybridized carbons (Fsp3) is 0.556. The van der Waals surface area contributed by atoms with Gasteiger partial charge in [-0.25, -0.2) is 0 Å². The van der Waals surface area contributed by atoms with Gasteiger partial charge in [0, 0.05) is 5.69 Å². The van der Waals surface area contributed by atoms with Crippen molar-refractivity contribution in [3.8, 4) is 0 Å². The molecule has 0 aromatic heterocycles. The number of nitrogens with zero attached hydrogens (tertiary/aromatic N) is 1. The van der Waals surface area contributed by atoms with E-state index in [1.165, 1.54) is 0 Å². The normalized spacial score (nSPS) is 10.7. The van der Waals surface area contributed by atoms with Crippen LogP contribution in [0.4, 0.5) is 5.69 Å². The van der Waals surface area contributed by atoms with Crippen molar-refractivity contribution < 1.29 is 14.3 Å². The number of anilines is 1. The van der Waals surface area contributed by atoms with Gasteiger partial charge >= 0.3 is 5.97 Å². The van der Waals surface area contributed by atoms with E-state index in [-0.39, 0.29) is 25.0 Å². The highest BCUT2D eigenvalue weighted by molar-refractivity contribution is 5.94. The molecule has 23 heavy (non-hydrogen) atoms. The molecule has 1 aromatic carbocycles. The zero-order valence-corrected chi connectivity index (χ0v) is 14.6. The van der Waals surface area contributed by atoms with E-state index in [0.29, 0.717) is 13.2 Å². The Morgan fingerprint density at radius 3 is 2.35 bits per heavy atom. The first-order valence-corrected chi connectivity index (χ1v) is 8.22. The predicted molar refractivity (Wildman–Crippen MR) is 92.5 cm³/mol. The quantitative estimate of drug-likeness (QED) is 0.561. The number of aryl methyl sites for hydroxylation is 2. The maximum atomic E-state index is 12.2. The summed E-state index contributed by atoms with van der Waals surface area (Å²) in [5.74, 6) is -0.397. The van der Waals surface area contributed by atoms with Crippen LogP contribution < -0.4 is 5.32 Å². The van der Waals surface area contributed by atoms with Gasteiger partial charge in [-0.2, -0.15) is 0 Å². The third-order valence-electron chi connectivity index (χ3n) is 3.67. The van der Waals surface area contributed by atoms with E-state index in [4.69, 9.17) is 4.74 Å². The lowest BCUT2D eigenvalue weighted by molar-refractivity contribution is -0.145. The summed E-state index contributed by atoms with van der Waals surface area (Å²) < 4.78 is 5.14. The number of esters is 1. The SMILES string of the molecule is CCCCOC(=O)CN(CC)CC(=O)Nc1c(C)cccc1C. The van der Waals surface area contributed by atoms with Crippen LogP contribution in [0.5, 0.6) is 0 Å². The second-order valence-corrected chi connectivity index (χ2v) is 5.69. The molecule has 128 valence electrons. The highest BCUT2D eigenvalue weighted by Gasteiger charge is 2.15. The van der Waals surface area contributed by atoms with Crippen LogP contribution in [0.2, 0.25) is 0 Å². The van der Waals surface area contributed by atoms with E-state index in [1.807, 2.05) is 45.9 Å². The lowest BCUT2D eigenvalue weighted by atomic mass is 10.1. The summed E-state index contributed by atoms with van der Waals surface area (Å²) in [5, 5.41) is 2.94. The number of carbonyl (C=O) groups excluding carboxylic acids is 2. The predicted octanol–water partition coefficient (Wildman–Crippen LogP) is 2.91. The second-order valence-electron chi connectivity index (χ2n) is 5.69. The summed E-state index contributed by atoms with van der Waals surface area (Å²) in [6.45, 7) is 9.27.